The van der Waals surface area contributed by atoms with E-state index in [0.29, 0.717) is 6.54 Å². The summed E-state index contributed by atoms with van der Waals surface area (Å²) in [6, 6.07) is 0. The van der Waals surface area contributed by atoms with Crippen molar-refractivity contribution < 1.29 is 9.53 Å². The molecule has 0 N–H and O–H groups in total. The van der Waals surface area contributed by atoms with Crippen LogP contribution in [0.5, 0.6) is 0 Å². The highest BCUT2D eigenvalue weighted by atomic mass is 16.5. The van der Waals surface area contributed by atoms with Gasteiger partial charge >= 0.3 is 5.97 Å². The van der Waals surface area contributed by atoms with Gasteiger partial charge in [-0.2, -0.15) is 0 Å². The summed E-state index contributed by atoms with van der Waals surface area (Å²) in [6.45, 7) is 7.23. The molecule has 0 unspecified atom stereocenters. The van der Waals surface area contributed by atoms with Crippen molar-refractivity contribution in [2.45, 2.75) is 38.5 Å². The molecule has 0 radical (unpaired) electrons. The largest absolute Gasteiger partial charge is 0.469 e. The van der Waals surface area contributed by atoms with Crippen LogP contribution in [0, 0.1) is 12.0 Å². The Kier molecular flexibility index (Phi) is 3.94. The van der Waals surface area contributed by atoms with Crippen LogP contribution >= 0.6 is 0 Å². The Labute approximate surface area is 85.3 Å². The molecule has 78 valence electrons. The van der Waals surface area contributed by atoms with Crippen molar-refractivity contribution in [1.82, 2.24) is 0 Å². The summed E-state index contributed by atoms with van der Waals surface area (Å²) < 4.78 is 4.85. The van der Waals surface area contributed by atoms with E-state index in [2.05, 4.69) is 4.85 Å². The van der Waals surface area contributed by atoms with Gasteiger partial charge in [0.05, 0.1) is 12.5 Å². The monoisotopic (exact) mass is 195 g/mol. The van der Waals surface area contributed by atoms with Crippen molar-refractivity contribution >= 4 is 5.97 Å². The van der Waals surface area contributed by atoms with E-state index in [0.717, 1.165) is 38.5 Å². The van der Waals surface area contributed by atoms with Crippen molar-refractivity contribution in [1.29, 1.82) is 0 Å². The van der Waals surface area contributed by atoms with Gasteiger partial charge in [0.25, 0.3) is 0 Å². The molecule has 14 heavy (non-hydrogen) atoms. The molecule has 3 nitrogen and oxygen atoms in total. The van der Waals surface area contributed by atoms with Crippen molar-refractivity contribution in [3.8, 4) is 0 Å². The fourth-order valence-electron chi connectivity index (χ4n) is 2.32. The van der Waals surface area contributed by atoms with Gasteiger partial charge < -0.3 is 9.58 Å². The summed E-state index contributed by atoms with van der Waals surface area (Å²) in [5.74, 6) is -0.0695. The topological polar surface area (TPSA) is 30.7 Å². The summed E-state index contributed by atoms with van der Waals surface area (Å²) in [5.41, 5.74) is -0.251. The normalized spacial score (nSPS) is 18.9. The molecule has 0 aromatic heterocycles. The first-order valence-corrected chi connectivity index (χ1v) is 5.17. The number of ether oxygens (including phenoxy) is 1. The fraction of sp³-hybridized carbons (Fsp3) is 0.818. The lowest BCUT2D eigenvalue weighted by Crippen LogP contribution is -2.29. The van der Waals surface area contributed by atoms with Gasteiger partial charge in [-0.15, -0.1) is 0 Å². The third kappa shape index (κ3) is 2.25. The lowest BCUT2D eigenvalue weighted by atomic mass is 9.81. The number of carbonyl (C=O) groups excluding carboxylic acids is 1. The Bertz CT molecular complexity index is 236. The maximum atomic E-state index is 11.6. The van der Waals surface area contributed by atoms with Crippen molar-refractivity contribution in [3.05, 3.63) is 11.4 Å². The molecule has 0 spiro atoms. The molecule has 1 rings (SSSR count). The molecule has 0 aliphatic heterocycles. The number of rotatable bonds is 4. The predicted octanol–water partition coefficient (Wildman–Crippen LogP) is 2.42. The van der Waals surface area contributed by atoms with E-state index in [1.54, 1.807) is 0 Å². The summed E-state index contributed by atoms with van der Waals surface area (Å²) in [4.78, 5) is 14.9. The minimum Gasteiger partial charge on any atom is -0.469 e. The van der Waals surface area contributed by atoms with Crippen LogP contribution in [-0.4, -0.2) is 19.6 Å². The zero-order valence-electron chi connectivity index (χ0n) is 8.71. The standard InChI is InChI=1S/C11H17NO2/c1-12-9-5-8-11(10(13)14-2)6-3-4-7-11/h3-9H2,2H3. The highest BCUT2D eigenvalue weighted by Crippen LogP contribution is 2.42. The number of hydrogen-bond acceptors (Lipinski definition) is 2. The maximum absolute atomic E-state index is 11.6. The van der Waals surface area contributed by atoms with E-state index in [9.17, 15) is 4.79 Å². The van der Waals surface area contributed by atoms with Crippen LogP contribution in [0.15, 0.2) is 0 Å². The first-order chi connectivity index (χ1) is 6.75. The molecular formula is C11H17NO2. The SMILES string of the molecule is [C-]#[N+]CCCC1(C(=O)OC)CCCC1. The number of nitrogens with zero attached hydrogens (tertiary/aromatic N) is 1. The van der Waals surface area contributed by atoms with E-state index in [1.807, 2.05) is 0 Å². The van der Waals surface area contributed by atoms with E-state index in [-0.39, 0.29) is 11.4 Å². The van der Waals surface area contributed by atoms with E-state index in [4.69, 9.17) is 11.3 Å². The third-order valence-electron chi connectivity index (χ3n) is 3.10. The molecule has 0 aromatic rings. The number of methoxy groups -OCH3 is 1. The molecule has 0 aromatic carbocycles. The fourth-order valence-corrected chi connectivity index (χ4v) is 2.32. The summed E-state index contributed by atoms with van der Waals surface area (Å²) in [5, 5.41) is 0. The molecule has 1 aliphatic rings. The van der Waals surface area contributed by atoms with Gasteiger partial charge in [-0.3, -0.25) is 4.79 Å². The Morgan fingerprint density at radius 2 is 2.14 bits per heavy atom. The van der Waals surface area contributed by atoms with Gasteiger partial charge in [-0.1, -0.05) is 12.8 Å². The van der Waals surface area contributed by atoms with Crippen LogP contribution < -0.4 is 0 Å². The van der Waals surface area contributed by atoms with Crippen LogP contribution in [0.25, 0.3) is 4.85 Å². The molecule has 3 heteroatoms. The molecule has 0 atom stereocenters. The van der Waals surface area contributed by atoms with Crippen molar-refractivity contribution in [2.24, 2.45) is 5.41 Å². The number of esters is 1. The van der Waals surface area contributed by atoms with E-state index >= 15 is 0 Å². The van der Waals surface area contributed by atoms with Gasteiger partial charge in [-0.05, 0) is 19.3 Å². The second-order valence-electron chi connectivity index (χ2n) is 3.96. The Morgan fingerprint density at radius 1 is 1.50 bits per heavy atom. The predicted molar refractivity (Wildman–Crippen MR) is 53.6 cm³/mol. The van der Waals surface area contributed by atoms with Crippen LogP contribution in [0.1, 0.15) is 38.5 Å². The minimum absolute atomic E-state index is 0.0695. The highest BCUT2D eigenvalue weighted by molar-refractivity contribution is 5.77. The molecule has 0 saturated heterocycles. The molecule has 1 saturated carbocycles. The third-order valence-corrected chi connectivity index (χ3v) is 3.10. The van der Waals surface area contributed by atoms with E-state index < -0.39 is 0 Å². The lowest BCUT2D eigenvalue weighted by Gasteiger charge is -2.24. The number of hydrogen-bond donors (Lipinski definition) is 0. The van der Waals surface area contributed by atoms with Crippen LogP contribution in [0.4, 0.5) is 0 Å². The van der Waals surface area contributed by atoms with Crippen LogP contribution in [0.3, 0.4) is 0 Å². The van der Waals surface area contributed by atoms with Crippen molar-refractivity contribution in [3.63, 3.8) is 0 Å². The first-order valence-electron chi connectivity index (χ1n) is 5.17. The molecule has 0 bridgehead atoms. The minimum atomic E-state index is -0.251. The second kappa shape index (κ2) is 4.99. The average Bonchev–Trinajstić information content (AvgIpc) is 2.67. The first kappa shape index (κ1) is 11.0. The summed E-state index contributed by atoms with van der Waals surface area (Å²) >= 11 is 0. The van der Waals surface area contributed by atoms with Crippen molar-refractivity contribution in [2.75, 3.05) is 13.7 Å². The molecule has 1 fully saturated rings. The van der Waals surface area contributed by atoms with Gasteiger partial charge in [0, 0.05) is 6.42 Å². The Hall–Kier alpha value is -1.04. The Balaban J connectivity index is 2.54. The maximum Gasteiger partial charge on any atom is 0.311 e. The number of carbonyl (C=O) groups is 1. The molecule has 1 aliphatic carbocycles. The highest BCUT2D eigenvalue weighted by Gasteiger charge is 2.41. The smallest absolute Gasteiger partial charge is 0.311 e. The zero-order valence-corrected chi connectivity index (χ0v) is 8.71. The Morgan fingerprint density at radius 3 is 2.64 bits per heavy atom. The lowest BCUT2D eigenvalue weighted by molar-refractivity contribution is -0.153. The van der Waals surface area contributed by atoms with Gasteiger partial charge in [0.1, 0.15) is 0 Å². The average molecular weight is 195 g/mol. The molecule has 0 amide bonds. The molecule has 0 heterocycles. The second-order valence-corrected chi connectivity index (χ2v) is 3.96. The summed E-state index contributed by atoms with van der Waals surface area (Å²) in [7, 11) is 1.46. The van der Waals surface area contributed by atoms with Gasteiger partial charge in [-0.25, -0.2) is 6.57 Å². The van der Waals surface area contributed by atoms with Gasteiger partial charge in [0.15, 0.2) is 0 Å². The quantitative estimate of drug-likeness (QED) is 0.392. The molecular weight excluding hydrogens is 178 g/mol. The zero-order chi connectivity index (χ0) is 10.4. The van der Waals surface area contributed by atoms with Gasteiger partial charge in [0.2, 0.25) is 6.54 Å². The van der Waals surface area contributed by atoms with Crippen LogP contribution in [-0.2, 0) is 9.53 Å². The summed E-state index contributed by atoms with van der Waals surface area (Å²) in [6.07, 6.45) is 5.76. The van der Waals surface area contributed by atoms with Crippen LogP contribution in [0.2, 0.25) is 0 Å². The van der Waals surface area contributed by atoms with E-state index in [1.165, 1.54) is 7.11 Å².